The zero-order chi connectivity index (χ0) is 22.7. The Morgan fingerprint density at radius 1 is 0.733 bits per heavy atom. The fraction of sp³-hybridized carbons (Fsp3) is 0.444. The average Bonchev–Trinajstić information content (AvgIpc) is 2.72. The summed E-state index contributed by atoms with van der Waals surface area (Å²) in [7, 11) is 0. The first-order valence-corrected chi connectivity index (χ1v) is 8.89. The first-order chi connectivity index (χ1) is 14.3. The van der Waals surface area contributed by atoms with Crippen LogP contribution in [0.5, 0.6) is 0 Å². The number of esters is 3. The second-order valence-electron chi connectivity index (χ2n) is 5.77. The van der Waals surface area contributed by atoms with Gasteiger partial charge in [-0.15, -0.1) is 0 Å². The predicted molar refractivity (Wildman–Crippen MR) is 103 cm³/mol. The van der Waals surface area contributed by atoms with Gasteiger partial charge in [0.05, 0.1) is 6.61 Å². The lowest BCUT2D eigenvalue weighted by molar-refractivity contribution is -0.144. The Morgan fingerprint density at radius 2 is 1.07 bits per heavy atom. The highest BCUT2D eigenvalue weighted by atomic mass is 16.5. The zero-order valence-electron chi connectivity index (χ0n) is 16.5. The summed E-state index contributed by atoms with van der Waals surface area (Å²) in [4.78, 5) is 73.3. The number of rotatable bonds is 12. The number of hydrogen-bond acceptors (Lipinski definition) is 9. The molecular weight excluding hydrogens is 402 g/mol. The van der Waals surface area contributed by atoms with E-state index in [4.69, 9.17) is 14.2 Å². The molecule has 0 radical (unpaired) electrons. The maximum absolute atomic E-state index is 12.6. The highest BCUT2D eigenvalue weighted by molar-refractivity contribution is 5.70. The van der Waals surface area contributed by atoms with Crippen molar-refractivity contribution in [3.8, 4) is 0 Å². The van der Waals surface area contributed by atoms with E-state index < -0.39 is 54.6 Å². The van der Waals surface area contributed by atoms with Crippen LogP contribution in [0.2, 0.25) is 0 Å². The molecule has 0 aliphatic rings. The molecule has 164 valence electrons. The molecule has 1 aromatic rings. The monoisotopic (exact) mass is 425 g/mol. The van der Waals surface area contributed by atoms with Gasteiger partial charge in [0, 0.05) is 0 Å². The normalized spacial score (nSPS) is 10.2. The number of carbonyl (C=O) groups excluding carboxylic acids is 3. The molecular formula is C18H23N3O9. The Bertz CT molecular complexity index is 920. The Morgan fingerprint density at radius 3 is 1.37 bits per heavy atom. The van der Waals surface area contributed by atoms with Crippen molar-refractivity contribution >= 4 is 17.9 Å². The minimum absolute atomic E-state index is 0.0587. The standard InChI is InChI=1S/C18H23N3O9/c1-4-7-28-13(22)10-19-16(25)20(11-14(23)29-8-5-2)18(27)21(17(19)26)12-15(24)30-9-6-3/h4-5H,1-2,6-12H2,3H3. The summed E-state index contributed by atoms with van der Waals surface area (Å²) in [5.74, 6) is -2.83. The summed E-state index contributed by atoms with van der Waals surface area (Å²) in [6, 6.07) is 0. The fourth-order valence-electron chi connectivity index (χ4n) is 2.13. The first-order valence-electron chi connectivity index (χ1n) is 8.89. The van der Waals surface area contributed by atoms with E-state index in [9.17, 15) is 28.8 Å². The number of carbonyl (C=O) groups is 3. The molecule has 0 bridgehead atoms. The van der Waals surface area contributed by atoms with Gasteiger partial charge in [-0.2, -0.15) is 0 Å². The smallest absolute Gasteiger partial charge is 0.337 e. The molecule has 0 fully saturated rings. The van der Waals surface area contributed by atoms with Gasteiger partial charge in [0.25, 0.3) is 0 Å². The Hall–Kier alpha value is -3.70. The van der Waals surface area contributed by atoms with Gasteiger partial charge in [0.1, 0.15) is 32.8 Å². The van der Waals surface area contributed by atoms with Crippen LogP contribution in [-0.4, -0.2) is 51.4 Å². The van der Waals surface area contributed by atoms with Crippen LogP contribution < -0.4 is 17.1 Å². The molecule has 0 atom stereocenters. The molecule has 0 spiro atoms. The zero-order valence-corrected chi connectivity index (χ0v) is 16.5. The highest BCUT2D eigenvalue weighted by Gasteiger charge is 2.21. The third-order valence-electron chi connectivity index (χ3n) is 3.44. The molecule has 30 heavy (non-hydrogen) atoms. The van der Waals surface area contributed by atoms with E-state index in [0.717, 1.165) is 0 Å². The van der Waals surface area contributed by atoms with Crippen molar-refractivity contribution in [2.75, 3.05) is 19.8 Å². The van der Waals surface area contributed by atoms with E-state index in [2.05, 4.69) is 13.2 Å². The average molecular weight is 425 g/mol. The number of nitrogens with zero attached hydrogens (tertiary/aromatic N) is 3. The minimum Gasteiger partial charge on any atom is -0.464 e. The van der Waals surface area contributed by atoms with Crippen molar-refractivity contribution in [1.82, 2.24) is 13.7 Å². The molecule has 0 saturated heterocycles. The Balaban J connectivity index is 3.44. The van der Waals surface area contributed by atoms with Gasteiger partial charge in [0.15, 0.2) is 0 Å². The summed E-state index contributed by atoms with van der Waals surface area (Å²) in [6.07, 6.45) is 3.06. The third-order valence-corrected chi connectivity index (χ3v) is 3.44. The molecule has 0 unspecified atom stereocenters. The number of ether oxygens (including phenoxy) is 3. The van der Waals surface area contributed by atoms with Gasteiger partial charge in [-0.3, -0.25) is 14.4 Å². The predicted octanol–water partition coefficient (Wildman–Crippen LogP) is -1.42. The van der Waals surface area contributed by atoms with Gasteiger partial charge in [-0.1, -0.05) is 32.2 Å². The molecule has 0 aliphatic heterocycles. The number of aromatic nitrogens is 3. The van der Waals surface area contributed by atoms with E-state index >= 15 is 0 Å². The molecule has 0 saturated carbocycles. The van der Waals surface area contributed by atoms with Gasteiger partial charge in [-0.05, 0) is 6.42 Å². The lowest BCUT2D eigenvalue weighted by Crippen LogP contribution is -2.56. The van der Waals surface area contributed by atoms with Crippen molar-refractivity contribution < 1.29 is 28.6 Å². The van der Waals surface area contributed by atoms with Crippen molar-refractivity contribution in [2.24, 2.45) is 0 Å². The van der Waals surface area contributed by atoms with Crippen LogP contribution in [0, 0.1) is 0 Å². The van der Waals surface area contributed by atoms with Crippen LogP contribution in [0.25, 0.3) is 0 Å². The summed E-state index contributed by atoms with van der Waals surface area (Å²) in [6.45, 7) is 5.68. The largest absolute Gasteiger partial charge is 0.464 e. The quantitative estimate of drug-likeness (QED) is 0.224. The minimum atomic E-state index is -1.24. The third kappa shape index (κ3) is 6.72. The van der Waals surface area contributed by atoms with E-state index in [1.165, 1.54) is 12.2 Å². The van der Waals surface area contributed by atoms with Crippen molar-refractivity contribution in [3.63, 3.8) is 0 Å². The van der Waals surface area contributed by atoms with E-state index in [0.29, 0.717) is 20.1 Å². The van der Waals surface area contributed by atoms with Gasteiger partial charge < -0.3 is 14.2 Å². The highest BCUT2D eigenvalue weighted by Crippen LogP contribution is 1.88. The van der Waals surface area contributed by atoms with Crippen molar-refractivity contribution in [1.29, 1.82) is 0 Å². The van der Waals surface area contributed by atoms with Gasteiger partial charge in [-0.25, -0.2) is 28.1 Å². The molecule has 1 aromatic heterocycles. The van der Waals surface area contributed by atoms with Crippen LogP contribution in [0.3, 0.4) is 0 Å². The molecule has 1 heterocycles. The molecule has 0 amide bonds. The maximum Gasteiger partial charge on any atom is 0.337 e. The molecule has 1 rings (SSSR count). The molecule has 0 aliphatic carbocycles. The summed E-state index contributed by atoms with van der Waals surface area (Å²) in [5.41, 5.74) is -3.70. The van der Waals surface area contributed by atoms with Crippen molar-refractivity contribution in [2.45, 2.75) is 33.0 Å². The van der Waals surface area contributed by atoms with E-state index in [1.807, 2.05) is 0 Å². The lowest BCUT2D eigenvalue weighted by Gasteiger charge is -2.13. The topological polar surface area (TPSA) is 145 Å². The SMILES string of the molecule is C=CCOC(=O)Cn1c(=O)n(CC(=O)OCC=C)c(=O)n(CC(=O)OCCC)c1=O. The van der Waals surface area contributed by atoms with Crippen LogP contribution in [0.15, 0.2) is 39.7 Å². The maximum atomic E-state index is 12.6. The van der Waals surface area contributed by atoms with E-state index in [-0.39, 0.29) is 19.8 Å². The molecule has 12 heteroatoms. The van der Waals surface area contributed by atoms with Crippen LogP contribution >= 0.6 is 0 Å². The van der Waals surface area contributed by atoms with Crippen molar-refractivity contribution in [3.05, 3.63) is 56.8 Å². The van der Waals surface area contributed by atoms with Gasteiger partial charge in [0.2, 0.25) is 0 Å². The molecule has 0 N–H and O–H groups in total. The second-order valence-corrected chi connectivity index (χ2v) is 5.77. The summed E-state index contributed by atoms with van der Waals surface area (Å²) >= 11 is 0. The van der Waals surface area contributed by atoms with Crippen LogP contribution in [0.1, 0.15) is 13.3 Å². The Labute approximate surface area is 170 Å². The molecule has 12 nitrogen and oxygen atoms in total. The Kier molecular flexibility index (Phi) is 9.73. The fourth-order valence-corrected chi connectivity index (χ4v) is 2.13. The van der Waals surface area contributed by atoms with E-state index in [1.54, 1.807) is 6.92 Å². The summed E-state index contributed by atoms with van der Waals surface area (Å²) in [5, 5.41) is 0. The first kappa shape index (κ1) is 24.3. The molecule has 0 aromatic carbocycles. The summed E-state index contributed by atoms with van der Waals surface area (Å²) < 4.78 is 15.5. The van der Waals surface area contributed by atoms with Crippen LogP contribution in [0.4, 0.5) is 0 Å². The van der Waals surface area contributed by atoms with Gasteiger partial charge >= 0.3 is 35.0 Å². The second kappa shape index (κ2) is 12.0. The van der Waals surface area contributed by atoms with Crippen LogP contribution in [-0.2, 0) is 48.2 Å². The lowest BCUT2D eigenvalue weighted by atomic mass is 10.5. The number of hydrogen-bond donors (Lipinski definition) is 0.